The molecule has 1 heterocycles. The molecule has 0 aliphatic rings. The van der Waals surface area contributed by atoms with Gasteiger partial charge in [0.15, 0.2) is 0 Å². The maximum Gasteiger partial charge on any atom is 0.349 e. The molecule has 0 aliphatic heterocycles. The topological polar surface area (TPSA) is 59.3 Å². The molecule has 0 saturated heterocycles. The van der Waals surface area contributed by atoms with E-state index in [4.69, 9.17) is 16.0 Å². The molecule has 0 saturated carbocycles. The molecule has 1 N–H and O–H groups in total. The summed E-state index contributed by atoms with van der Waals surface area (Å²) in [5, 5.41) is 3.96. The van der Waals surface area contributed by atoms with Crippen molar-refractivity contribution in [2.75, 3.05) is 5.32 Å². The van der Waals surface area contributed by atoms with Gasteiger partial charge in [-0.25, -0.2) is 4.79 Å². The van der Waals surface area contributed by atoms with Gasteiger partial charge in [0.1, 0.15) is 11.1 Å². The van der Waals surface area contributed by atoms with Crippen LogP contribution in [0.25, 0.3) is 11.0 Å². The Morgan fingerprint density at radius 2 is 1.91 bits per heavy atom. The van der Waals surface area contributed by atoms with Gasteiger partial charge in [0.25, 0.3) is 5.91 Å². The van der Waals surface area contributed by atoms with Gasteiger partial charge in [-0.15, -0.1) is 0 Å². The lowest BCUT2D eigenvalue weighted by Gasteiger charge is -2.09. The highest BCUT2D eigenvalue weighted by molar-refractivity contribution is 6.31. The van der Waals surface area contributed by atoms with Crippen molar-refractivity contribution in [1.29, 1.82) is 0 Å². The summed E-state index contributed by atoms with van der Waals surface area (Å²) >= 11 is 6.04. The fourth-order valence-corrected chi connectivity index (χ4v) is 2.51. The van der Waals surface area contributed by atoms with E-state index in [1.807, 2.05) is 19.1 Å². The summed E-state index contributed by atoms with van der Waals surface area (Å²) in [7, 11) is 0. The van der Waals surface area contributed by atoms with E-state index in [0.717, 1.165) is 11.1 Å². The maximum atomic E-state index is 12.4. The number of aryl methyl sites for hydroxylation is 1. The first-order chi connectivity index (χ1) is 11.0. The average Bonchev–Trinajstić information content (AvgIpc) is 2.51. The largest absolute Gasteiger partial charge is 0.422 e. The van der Waals surface area contributed by atoms with E-state index in [2.05, 4.69) is 5.32 Å². The number of benzene rings is 2. The van der Waals surface area contributed by atoms with E-state index in [-0.39, 0.29) is 5.56 Å². The monoisotopic (exact) mass is 327 g/mol. The molecule has 1 aromatic heterocycles. The highest BCUT2D eigenvalue weighted by atomic mass is 35.5. The Kier molecular flexibility index (Phi) is 3.92. The highest BCUT2D eigenvalue weighted by Crippen LogP contribution is 2.23. The third-order valence-corrected chi connectivity index (χ3v) is 4.06. The van der Waals surface area contributed by atoms with Crippen LogP contribution in [0.15, 0.2) is 51.7 Å². The van der Waals surface area contributed by atoms with Crippen LogP contribution in [0.4, 0.5) is 5.69 Å². The SMILES string of the molecule is Cc1ccc2oc(=O)c(C(=O)Nc3cccc(Cl)c3C)cc2c1. The van der Waals surface area contributed by atoms with Crippen molar-refractivity contribution in [1.82, 2.24) is 0 Å². The maximum absolute atomic E-state index is 12.4. The summed E-state index contributed by atoms with van der Waals surface area (Å²) in [5.74, 6) is -0.521. The van der Waals surface area contributed by atoms with E-state index in [0.29, 0.717) is 21.7 Å². The molecular formula is C18H14ClNO3. The van der Waals surface area contributed by atoms with Crippen molar-refractivity contribution in [3.05, 3.63) is 74.6 Å². The molecule has 2 aromatic carbocycles. The standard InChI is InChI=1S/C18H14ClNO3/c1-10-6-7-16-12(8-10)9-13(18(22)23-16)17(21)20-15-5-3-4-14(19)11(15)2/h3-9H,1-2H3,(H,20,21). The smallest absolute Gasteiger partial charge is 0.349 e. The quantitative estimate of drug-likeness (QED) is 0.713. The second-order valence-corrected chi connectivity index (χ2v) is 5.76. The van der Waals surface area contributed by atoms with Crippen molar-refractivity contribution in [3.63, 3.8) is 0 Å². The Hall–Kier alpha value is -2.59. The predicted molar refractivity (Wildman–Crippen MR) is 91.4 cm³/mol. The van der Waals surface area contributed by atoms with Gasteiger partial charge in [0.05, 0.1) is 0 Å². The first kappa shape index (κ1) is 15.3. The third kappa shape index (κ3) is 2.98. The Bertz CT molecular complexity index is 976. The lowest BCUT2D eigenvalue weighted by Crippen LogP contribution is -2.21. The minimum Gasteiger partial charge on any atom is -0.422 e. The summed E-state index contributed by atoms with van der Waals surface area (Å²) in [4.78, 5) is 24.5. The van der Waals surface area contributed by atoms with Gasteiger partial charge >= 0.3 is 5.63 Å². The molecule has 0 radical (unpaired) electrons. The van der Waals surface area contributed by atoms with Crippen LogP contribution in [-0.4, -0.2) is 5.91 Å². The molecule has 116 valence electrons. The molecule has 0 spiro atoms. The highest BCUT2D eigenvalue weighted by Gasteiger charge is 2.15. The zero-order chi connectivity index (χ0) is 16.6. The summed E-state index contributed by atoms with van der Waals surface area (Å²) < 4.78 is 5.22. The Morgan fingerprint density at radius 3 is 2.70 bits per heavy atom. The van der Waals surface area contributed by atoms with Crippen LogP contribution >= 0.6 is 11.6 Å². The first-order valence-electron chi connectivity index (χ1n) is 7.06. The molecule has 0 unspecified atom stereocenters. The van der Waals surface area contributed by atoms with Gasteiger partial charge in [-0.3, -0.25) is 4.79 Å². The second-order valence-electron chi connectivity index (χ2n) is 5.36. The summed E-state index contributed by atoms with van der Waals surface area (Å²) in [6.07, 6.45) is 0. The number of carbonyl (C=O) groups excluding carboxylic acids is 1. The molecule has 5 heteroatoms. The molecule has 3 rings (SSSR count). The normalized spacial score (nSPS) is 10.7. The van der Waals surface area contributed by atoms with Gasteiger partial charge in [0.2, 0.25) is 0 Å². The van der Waals surface area contributed by atoms with Crippen molar-refractivity contribution in [3.8, 4) is 0 Å². The van der Waals surface area contributed by atoms with Gasteiger partial charge in [-0.1, -0.05) is 29.3 Å². The van der Waals surface area contributed by atoms with Gasteiger partial charge in [-0.05, 0) is 49.7 Å². The summed E-state index contributed by atoms with van der Waals surface area (Å²) in [6, 6.07) is 12.2. The second kappa shape index (κ2) is 5.89. The molecule has 23 heavy (non-hydrogen) atoms. The van der Waals surface area contributed by atoms with E-state index >= 15 is 0 Å². The molecule has 0 atom stereocenters. The number of fused-ring (bicyclic) bond motifs is 1. The van der Waals surface area contributed by atoms with Crippen LogP contribution in [0.2, 0.25) is 5.02 Å². The number of hydrogen-bond donors (Lipinski definition) is 1. The van der Waals surface area contributed by atoms with Crippen molar-refractivity contribution < 1.29 is 9.21 Å². The minimum absolute atomic E-state index is 0.0394. The fraction of sp³-hybridized carbons (Fsp3) is 0.111. The summed E-state index contributed by atoms with van der Waals surface area (Å²) in [5.41, 5.74) is 2.07. The van der Waals surface area contributed by atoms with Gasteiger partial charge in [0, 0.05) is 16.1 Å². The number of amides is 1. The Balaban J connectivity index is 2.02. The van der Waals surface area contributed by atoms with E-state index in [1.54, 1.807) is 37.3 Å². The number of nitrogens with one attached hydrogen (secondary N) is 1. The van der Waals surface area contributed by atoms with Crippen molar-refractivity contribution >= 4 is 34.2 Å². The van der Waals surface area contributed by atoms with Crippen molar-refractivity contribution in [2.45, 2.75) is 13.8 Å². The number of hydrogen-bond acceptors (Lipinski definition) is 3. The fourth-order valence-electron chi connectivity index (χ4n) is 2.33. The number of anilines is 1. The predicted octanol–water partition coefficient (Wildman–Crippen LogP) is 4.32. The molecule has 1 amide bonds. The molecule has 4 nitrogen and oxygen atoms in total. The van der Waals surface area contributed by atoms with Crippen LogP contribution in [0, 0.1) is 13.8 Å². The van der Waals surface area contributed by atoms with Crippen LogP contribution < -0.4 is 10.9 Å². The average molecular weight is 328 g/mol. The number of halogens is 1. The zero-order valence-electron chi connectivity index (χ0n) is 12.6. The number of carbonyl (C=O) groups is 1. The van der Waals surface area contributed by atoms with Crippen LogP contribution in [-0.2, 0) is 0 Å². The molecule has 0 fully saturated rings. The van der Waals surface area contributed by atoms with Crippen LogP contribution in [0.5, 0.6) is 0 Å². The molecule has 0 bridgehead atoms. The lowest BCUT2D eigenvalue weighted by molar-refractivity contribution is 0.102. The third-order valence-electron chi connectivity index (χ3n) is 3.65. The van der Waals surface area contributed by atoms with E-state index in [1.165, 1.54) is 0 Å². The number of rotatable bonds is 2. The summed E-state index contributed by atoms with van der Waals surface area (Å²) in [6.45, 7) is 3.73. The zero-order valence-corrected chi connectivity index (χ0v) is 13.4. The molecule has 0 aliphatic carbocycles. The van der Waals surface area contributed by atoms with Crippen LogP contribution in [0.3, 0.4) is 0 Å². The van der Waals surface area contributed by atoms with Crippen LogP contribution in [0.1, 0.15) is 21.5 Å². The minimum atomic E-state index is -0.668. The Labute approximate surface area is 137 Å². The Morgan fingerprint density at radius 1 is 1.13 bits per heavy atom. The van der Waals surface area contributed by atoms with E-state index < -0.39 is 11.5 Å². The first-order valence-corrected chi connectivity index (χ1v) is 7.44. The van der Waals surface area contributed by atoms with E-state index in [9.17, 15) is 9.59 Å². The van der Waals surface area contributed by atoms with Gasteiger partial charge in [-0.2, -0.15) is 0 Å². The van der Waals surface area contributed by atoms with Crippen molar-refractivity contribution in [2.24, 2.45) is 0 Å². The molecule has 3 aromatic rings. The molecular weight excluding hydrogens is 314 g/mol. The lowest BCUT2D eigenvalue weighted by atomic mass is 10.1. The van der Waals surface area contributed by atoms with Gasteiger partial charge < -0.3 is 9.73 Å².